The maximum Gasteiger partial charge on any atom is 0.239 e. The molecule has 3 unspecified atom stereocenters. The van der Waals surface area contributed by atoms with Gasteiger partial charge in [-0.2, -0.15) is 0 Å². The van der Waals surface area contributed by atoms with Gasteiger partial charge in [0.25, 0.3) is 0 Å². The molecular formula is C11H21ClN2O3. The molecule has 1 amide bonds. The van der Waals surface area contributed by atoms with Crippen molar-refractivity contribution in [3.63, 3.8) is 0 Å². The maximum absolute atomic E-state index is 11.7. The van der Waals surface area contributed by atoms with E-state index >= 15 is 0 Å². The Balaban J connectivity index is 0.00000144. The number of aliphatic hydroxyl groups is 1. The Morgan fingerprint density at radius 3 is 2.88 bits per heavy atom. The van der Waals surface area contributed by atoms with Crippen LogP contribution in [0.4, 0.5) is 0 Å². The summed E-state index contributed by atoms with van der Waals surface area (Å²) < 4.78 is 5.22. The molecule has 2 aliphatic rings. The molecule has 0 aromatic rings. The molecule has 2 fully saturated rings. The van der Waals surface area contributed by atoms with Crippen LogP contribution >= 0.6 is 12.4 Å². The van der Waals surface area contributed by atoms with Crippen molar-refractivity contribution in [1.29, 1.82) is 0 Å². The smallest absolute Gasteiger partial charge is 0.239 e. The number of rotatable bonds is 3. The van der Waals surface area contributed by atoms with Crippen molar-refractivity contribution in [2.24, 2.45) is 5.92 Å². The summed E-state index contributed by atoms with van der Waals surface area (Å²) in [6, 6.07) is -0.229. The van der Waals surface area contributed by atoms with Crippen LogP contribution in [0.2, 0.25) is 0 Å². The minimum Gasteiger partial charge on any atom is -0.393 e. The highest BCUT2D eigenvalue weighted by Crippen LogP contribution is 2.24. The summed E-state index contributed by atoms with van der Waals surface area (Å²) in [6.45, 7) is 2.42. The molecule has 1 saturated carbocycles. The molecule has 0 aromatic heterocycles. The molecule has 0 aromatic carbocycles. The van der Waals surface area contributed by atoms with Crippen LogP contribution in [0.25, 0.3) is 0 Å². The van der Waals surface area contributed by atoms with E-state index in [4.69, 9.17) is 4.74 Å². The SMILES string of the molecule is Cl.O=C(NCC1CCCC1O)C1COCCN1. The molecule has 100 valence electrons. The summed E-state index contributed by atoms with van der Waals surface area (Å²) in [5.41, 5.74) is 0. The van der Waals surface area contributed by atoms with Crippen molar-refractivity contribution in [3.8, 4) is 0 Å². The number of halogens is 1. The van der Waals surface area contributed by atoms with Crippen LogP contribution < -0.4 is 10.6 Å². The first kappa shape index (κ1) is 14.7. The second-order valence-electron chi connectivity index (χ2n) is 4.59. The fraction of sp³-hybridized carbons (Fsp3) is 0.909. The van der Waals surface area contributed by atoms with E-state index in [9.17, 15) is 9.90 Å². The molecule has 2 rings (SSSR count). The molecule has 3 atom stereocenters. The predicted molar refractivity (Wildman–Crippen MR) is 66.2 cm³/mol. The van der Waals surface area contributed by atoms with Crippen LogP contribution in [0.3, 0.4) is 0 Å². The second kappa shape index (κ2) is 7.16. The Labute approximate surface area is 108 Å². The molecule has 0 spiro atoms. The van der Waals surface area contributed by atoms with Gasteiger partial charge < -0.3 is 20.5 Å². The molecule has 1 aliphatic carbocycles. The topological polar surface area (TPSA) is 70.6 Å². The van der Waals surface area contributed by atoms with Crippen LogP contribution in [-0.2, 0) is 9.53 Å². The standard InChI is InChI=1S/C11H20N2O3.ClH/c14-10-3-1-2-8(10)6-13-11(15)9-7-16-5-4-12-9;/h8-10,12,14H,1-7H2,(H,13,15);1H. The number of aliphatic hydroxyl groups excluding tert-OH is 1. The lowest BCUT2D eigenvalue weighted by Crippen LogP contribution is -2.52. The normalized spacial score (nSPS) is 32.9. The van der Waals surface area contributed by atoms with Crippen molar-refractivity contribution >= 4 is 18.3 Å². The summed E-state index contributed by atoms with van der Waals surface area (Å²) in [6.07, 6.45) is 2.70. The zero-order valence-corrected chi connectivity index (χ0v) is 10.7. The number of hydrogen-bond donors (Lipinski definition) is 3. The van der Waals surface area contributed by atoms with E-state index in [-0.39, 0.29) is 36.4 Å². The van der Waals surface area contributed by atoms with Gasteiger partial charge in [-0.15, -0.1) is 12.4 Å². The number of carbonyl (C=O) groups excluding carboxylic acids is 1. The van der Waals surface area contributed by atoms with Crippen LogP contribution in [0.15, 0.2) is 0 Å². The molecule has 5 nitrogen and oxygen atoms in total. The average Bonchev–Trinajstić information content (AvgIpc) is 2.73. The third-order valence-corrected chi connectivity index (χ3v) is 3.40. The molecule has 0 radical (unpaired) electrons. The van der Waals surface area contributed by atoms with E-state index in [0.717, 1.165) is 25.8 Å². The monoisotopic (exact) mass is 264 g/mol. The quantitative estimate of drug-likeness (QED) is 0.653. The van der Waals surface area contributed by atoms with Gasteiger partial charge in [0.1, 0.15) is 6.04 Å². The lowest BCUT2D eigenvalue weighted by atomic mass is 10.1. The van der Waals surface area contributed by atoms with Crippen molar-refractivity contribution in [2.75, 3.05) is 26.3 Å². The first-order valence-corrected chi connectivity index (χ1v) is 6.04. The molecule has 6 heteroatoms. The van der Waals surface area contributed by atoms with Crippen LogP contribution in [-0.4, -0.2) is 49.5 Å². The van der Waals surface area contributed by atoms with E-state index in [0.29, 0.717) is 19.8 Å². The summed E-state index contributed by atoms with van der Waals surface area (Å²) >= 11 is 0. The van der Waals surface area contributed by atoms with Gasteiger partial charge in [-0.05, 0) is 12.8 Å². The Kier molecular flexibility index (Phi) is 6.19. The van der Waals surface area contributed by atoms with Crippen LogP contribution in [0.5, 0.6) is 0 Å². The number of nitrogens with one attached hydrogen (secondary N) is 2. The third kappa shape index (κ3) is 4.10. The number of morpholine rings is 1. The summed E-state index contributed by atoms with van der Waals surface area (Å²) in [5, 5.41) is 15.6. The van der Waals surface area contributed by atoms with Crippen molar-refractivity contribution in [2.45, 2.75) is 31.4 Å². The third-order valence-electron chi connectivity index (χ3n) is 3.40. The van der Waals surface area contributed by atoms with Gasteiger partial charge in [0.2, 0.25) is 5.91 Å². The summed E-state index contributed by atoms with van der Waals surface area (Å²) in [5.74, 6) is 0.215. The van der Waals surface area contributed by atoms with Gasteiger partial charge in [-0.3, -0.25) is 4.79 Å². The Hall–Kier alpha value is -0.360. The summed E-state index contributed by atoms with van der Waals surface area (Å²) in [7, 11) is 0. The van der Waals surface area contributed by atoms with E-state index < -0.39 is 0 Å². The molecule has 1 aliphatic heterocycles. The first-order chi connectivity index (χ1) is 7.77. The van der Waals surface area contributed by atoms with Crippen molar-refractivity contribution in [3.05, 3.63) is 0 Å². The van der Waals surface area contributed by atoms with Gasteiger partial charge in [0, 0.05) is 19.0 Å². The van der Waals surface area contributed by atoms with Gasteiger partial charge in [-0.1, -0.05) is 6.42 Å². The van der Waals surface area contributed by atoms with E-state index in [1.54, 1.807) is 0 Å². The number of carbonyl (C=O) groups is 1. The molecular weight excluding hydrogens is 244 g/mol. The minimum atomic E-state index is -0.240. The highest BCUT2D eigenvalue weighted by atomic mass is 35.5. The zero-order chi connectivity index (χ0) is 11.4. The minimum absolute atomic E-state index is 0. The van der Waals surface area contributed by atoms with Gasteiger partial charge in [-0.25, -0.2) is 0 Å². The summed E-state index contributed by atoms with van der Waals surface area (Å²) in [4.78, 5) is 11.7. The van der Waals surface area contributed by atoms with Crippen molar-refractivity contribution in [1.82, 2.24) is 10.6 Å². The highest BCUT2D eigenvalue weighted by molar-refractivity contribution is 5.85. The number of ether oxygens (including phenoxy) is 1. The number of amides is 1. The van der Waals surface area contributed by atoms with Crippen molar-refractivity contribution < 1.29 is 14.6 Å². The van der Waals surface area contributed by atoms with E-state index in [1.807, 2.05) is 0 Å². The largest absolute Gasteiger partial charge is 0.393 e. The van der Waals surface area contributed by atoms with Gasteiger partial charge >= 0.3 is 0 Å². The second-order valence-corrected chi connectivity index (χ2v) is 4.59. The maximum atomic E-state index is 11.7. The van der Waals surface area contributed by atoms with Crippen LogP contribution in [0, 0.1) is 5.92 Å². The number of hydrogen-bond acceptors (Lipinski definition) is 4. The van der Waals surface area contributed by atoms with Gasteiger partial charge in [0.15, 0.2) is 0 Å². The Morgan fingerprint density at radius 2 is 2.29 bits per heavy atom. The zero-order valence-electron chi connectivity index (χ0n) is 9.85. The average molecular weight is 265 g/mol. The lowest BCUT2D eigenvalue weighted by Gasteiger charge is -2.24. The molecule has 1 saturated heterocycles. The Bertz CT molecular complexity index is 247. The predicted octanol–water partition coefficient (Wildman–Crippen LogP) is -0.326. The molecule has 3 N–H and O–H groups in total. The highest BCUT2D eigenvalue weighted by Gasteiger charge is 2.27. The van der Waals surface area contributed by atoms with Gasteiger partial charge in [0.05, 0.1) is 19.3 Å². The van der Waals surface area contributed by atoms with E-state index in [1.165, 1.54) is 0 Å². The Morgan fingerprint density at radius 1 is 1.47 bits per heavy atom. The molecule has 0 bridgehead atoms. The van der Waals surface area contributed by atoms with Crippen LogP contribution in [0.1, 0.15) is 19.3 Å². The van der Waals surface area contributed by atoms with E-state index in [2.05, 4.69) is 10.6 Å². The lowest BCUT2D eigenvalue weighted by molar-refractivity contribution is -0.126. The fourth-order valence-electron chi connectivity index (χ4n) is 2.34. The molecule has 17 heavy (non-hydrogen) atoms. The first-order valence-electron chi connectivity index (χ1n) is 6.04. The fourth-order valence-corrected chi connectivity index (χ4v) is 2.34. The molecule has 1 heterocycles.